The number of nitrogens with zero attached hydrogens (tertiary/aromatic N) is 1. The van der Waals surface area contributed by atoms with E-state index < -0.39 is 0 Å². The van der Waals surface area contributed by atoms with E-state index in [0.29, 0.717) is 13.2 Å². The van der Waals surface area contributed by atoms with Crippen LogP contribution in [0.1, 0.15) is 25.3 Å². The minimum absolute atomic E-state index is 0.0719. The Morgan fingerprint density at radius 3 is 2.59 bits per heavy atom. The quantitative estimate of drug-likeness (QED) is 0.691. The lowest BCUT2D eigenvalue weighted by atomic mass is 10.1. The molecule has 0 unspecified atom stereocenters. The fourth-order valence-corrected chi connectivity index (χ4v) is 3.58. The third-order valence-corrected chi connectivity index (χ3v) is 5.03. The van der Waals surface area contributed by atoms with Crippen molar-refractivity contribution in [3.8, 4) is 5.75 Å². The number of aromatic amines is 1. The van der Waals surface area contributed by atoms with E-state index in [0.717, 1.165) is 41.0 Å². The zero-order valence-electron chi connectivity index (χ0n) is 15.6. The lowest BCUT2D eigenvalue weighted by Crippen LogP contribution is -2.17. The number of hydrogen-bond donors (Lipinski definition) is 2. The molecule has 1 fully saturated rings. The molecule has 2 heterocycles. The molecule has 0 amide bonds. The number of fused-ring (bicyclic) bond motifs is 1. The molecular formula is C22H25N3O2. The van der Waals surface area contributed by atoms with Gasteiger partial charge in [-0.05, 0) is 67.6 Å². The van der Waals surface area contributed by atoms with Crippen molar-refractivity contribution in [3.05, 3.63) is 64.4 Å². The van der Waals surface area contributed by atoms with Crippen molar-refractivity contribution >= 4 is 22.3 Å². The largest absolute Gasteiger partial charge is 0.494 e. The average Bonchev–Trinajstić information content (AvgIpc) is 3.22. The van der Waals surface area contributed by atoms with E-state index in [2.05, 4.69) is 39.5 Å². The Morgan fingerprint density at radius 1 is 1.07 bits per heavy atom. The zero-order chi connectivity index (χ0) is 18.6. The highest BCUT2D eigenvalue weighted by Crippen LogP contribution is 2.23. The van der Waals surface area contributed by atoms with Crippen LogP contribution in [0.3, 0.4) is 0 Å². The van der Waals surface area contributed by atoms with Gasteiger partial charge < -0.3 is 19.9 Å². The van der Waals surface area contributed by atoms with Crippen LogP contribution in [0.2, 0.25) is 0 Å². The molecule has 0 spiro atoms. The monoisotopic (exact) mass is 363 g/mol. The fraction of sp³-hybridized carbons (Fsp3) is 0.318. The second-order valence-corrected chi connectivity index (χ2v) is 6.90. The van der Waals surface area contributed by atoms with Crippen LogP contribution < -0.4 is 20.5 Å². The summed E-state index contributed by atoms with van der Waals surface area (Å²) in [5.41, 5.74) is 3.73. The van der Waals surface area contributed by atoms with E-state index in [1.807, 2.05) is 31.2 Å². The van der Waals surface area contributed by atoms with Gasteiger partial charge in [0, 0.05) is 42.6 Å². The lowest BCUT2D eigenvalue weighted by molar-refractivity contribution is 0.340. The van der Waals surface area contributed by atoms with Crippen molar-refractivity contribution in [2.24, 2.45) is 0 Å². The van der Waals surface area contributed by atoms with Crippen LogP contribution in [0.25, 0.3) is 10.9 Å². The summed E-state index contributed by atoms with van der Waals surface area (Å²) >= 11 is 0. The molecule has 2 aromatic carbocycles. The highest BCUT2D eigenvalue weighted by atomic mass is 16.5. The van der Waals surface area contributed by atoms with Gasteiger partial charge in [0.2, 0.25) is 0 Å². The van der Waals surface area contributed by atoms with Gasteiger partial charge in [-0.3, -0.25) is 4.79 Å². The van der Waals surface area contributed by atoms with Crippen LogP contribution in [0, 0.1) is 0 Å². The number of H-pyrrole nitrogens is 1. The van der Waals surface area contributed by atoms with E-state index in [9.17, 15) is 4.79 Å². The summed E-state index contributed by atoms with van der Waals surface area (Å²) in [7, 11) is 0. The van der Waals surface area contributed by atoms with Crippen LogP contribution >= 0.6 is 0 Å². The number of benzene rings is 2. The van der Waals surface area contributed by atoms with Gasteiger partial charge in [0.15, 0.2) is 0 Å². The first-order valence-electron chi connectivity index (χ1n) is 9.60. The van der Waals surface area contributed by atoms with Crippen molar-refractivity contribution in [3.63, 3.8) is 0 Å². The fourth-order valence-electron chi connectivity index (χ4n) is 3.58. The minimum atomic E-state index is -0.0719. The van der Waals surface area contributed by atoms with Crippen LogP contribution in [0.5, 0.6) is 5.75 Å². The highest BCUT2D eigenvalue weighted by molar-refractivity contribution is 5.80. The third kappa shape index (κ3) is 3.92. The van der Waals surface area contributed by atoms with Crippen molar-refractivity contribution in [1.29, 1.82) is 0 Å². The van der Waals surface area contributed by atoms with Gasteiger partial charge in [0.05, 0.1) is 12.1 Å². The number of rotatable bonds is 6. The van der Waals surface area contributed by atoms with Crippen LogP contribution in [-0.4, -0.2) is 24.7 Å². The van der Waals surface area contributed by atoms with Gasteiger partial charge in [-0.25, -0.2) is 0 Å². The number of ether oxygens (including phenoxy) is 1. The maximum atomic E-state index is 12.4. The predicted octanol–water partition coefficient (Wildman–Crippen LogP) is 4.14. The lowest BCUT2D eigenvalue weighted by Gasteiger charge is -2.18. The van der Waals surface area contributed by atoms with E-state index in [-0.39, 0.29) is 5.56 Å². The molecule has 140 valence electrons. The first-order chi connectivity index (χ1) is 13.2. The Labute approximate surface area is 159 Å². The molecule has 3 aromatic rings. The standard InChI is InChI=1S/C22H25N3O2/c1-2-27-20-10-5-16-13-17(22(26)24-21(16)14-20)15-23-18-6-8-19(9-7-18)25-11-3-4-12-25/h5-10,13-14,23H,2-4,11-12,15H2,1H3,(H,24,26). The Morgan fingerprint density at radius 2 is 1.85 bits per heavy atom. The van der Waals surface area contributed by atoms with E-state index in [1.54, 1.807) is 0 Å². The van der Waals surface area contributed by atoms with Gasteiger partial charge in [0.1, 0.15) is 5.75 Å². The molecule has 2 N–H and O–H groups in total. The van der Waals surface area contributed by atoms with E-state index >= 15 is 0 Å². The van der Waals surface area contributed by atoms with Gasteiger partial charge in [-0.1, -0.05) is 0 Å². The summed E-state index contributed by atoms with van der Waals surface area (Å²) in [4.78, 5) is 17.8. The summed E-state index contributed by atoms with van der Waals surface area (Å²) in [5, 5.41) is 4.35. The topological polar surface area (TPSA) is 57.4 Å². The normalized spacial score (nSPS) is 13.9. The molecule has 5 nitrogen and oxygen atoms in total. The van der Waals surface area contributed by atoms with Gasteiger partial charge in [0.25, 0.3) is 5.56 Å². The van der Waals surface area contributed by atoms with Crippen molar-refractivity contribution in [2.45, 2.75) is 26.3 Å². The van der Waals surface area contributed by atoms with Crippen molar-refractivity contribution < 1.29 is 4.74 Å². The molecule has 1 aromatic heterocycles. The number of hydrogen-bond acceptors (Lipinski definition) is 4. The first-order valence-corrected chi connectivity index (χ1v) is 9.60. The number of pyridine rings is 1. The van der Waals surface area contributed by atoms with Gasteiger partial charge in [-0.2, -0.15) is 0 Å². The van der Waals surface area contributed by atoms with Crippen LogP contribution in [-0.2, 0) is 6.54 Å². The Balaban J connectivity index is 1.47. The molecular weight excluding hydrogens is 338 g/mol. The number of anilines is 2. The predicted molar refractivity (Wildman–Crippen MR) is 111 cm³/mol. The molecule has 1 saturated heterocycles. The first kappa shape index (κ1) is 17.5. The molecule has 0 radical (unpaired) electrons. The molecule has 5 heteroatoms. The highest BCUT2D eigenvalue weighted by Gasteiger charge is 2.11. The van der Waals surface area contributed by atoms with Crippen molar-refractivity contribution in [2.75, 3.05) is 29.9 Å². The maximum Gasteiger partial charge on any atom is 0.253 e. The summed E-state index contributed by atoms with van der Waals surface area (Å²) in [6.45, 7) is 5.32. The number of aromatic nitrogens is 1. The van der Waals surface area contributed by atoms with E-state index in [4.69, 9.17) is 4.74 Å². The van der Waals surface area contributed by atoms with Crippen LogP contribution in [0.4, 0.5) is 11.4 Å². The van der Waals surface area contributed by atoms with E-state index in [1.165, 1.54) is 18.5 Å². The van der Waals surface area contributed by atoms with Gasteiger partial charge in [-0.15, -0.1) is 0 Å². The summed E-state index contributed by atoms with van der Waals surface area (Å²) in [6, 6.07) is 16.2. The number of nitrogens with one attached hydrogen (secondary N) is 2. The molecule has 4 rings (SSSR count). The molecule has 1 aliphatic heterocycles. The smallest absolute Gasteiger partial charge is 0.253 e. The molecule has 1 aliphatic rings. The Hall–Kier alpha value is -2.95. The zero-order valence-corrected chi connectivity index (χ0v) is 15.6. The summed E-state index contributed by atoms with van der Waals surface area (Å²) < 4.78 is 5.50. The maximum absolute atomic E-state index is 12.4. The minimum Gasteiger partial charge on any atom is -0.494 e. The second-order valence-electron chi connectivity index (χ2n) is 6.90. The molecule has 0 atom stereocenters. The van der Waals surface area contributed by atoms with Gasteiger partial charge >= 0.3 is 0 Å². The molecule has 0 saturated carbocycles. The average molecular weight is 363 g/mol. The summed E-state index contributed by atoms with van der Waals surface area (Å²) in [5.74, 6) is 0.768. The molecule has 0 aliphatic carbocycles. The third-order valence-electron chi connectivity index (χ3n) is 5.03. The molecule has 27 heavy (non-hydrogen) atoms. The van der Waals surface area contributed by atoms with Crippen LogP contribution in [0.15, 0.2) is 53.3 Å². The SMILES string of the molecule is CCOc1ccc2cc(CNc3ccc(N4CCCC4)cc3)c(=O)[nH]c2c1. The van der Waals surface area contributed by atoms with Crippen molar-refractivity contribution in [1.82, 2.24) is 4.98 Å². The second kappa shape index (κ2) is 7.74. The Bertz CT molecular complexity index is 973. The molecule has 0 bridgehead atoms. The summed E-state index contributed by atoms with van der Waals surface area (Å²) in [6.07, 6.45) is 2.55. The Kier molecular flexibility index (Phi) is 5.01.